The van der Waals surface area contributed by atoms with Crippen molar-refractivity contribution in [1.82, 2.24) is 5.32 Å². The first-order valence-corrected chi connectivity index (χ1v) is 4.87. The zero-order valence-electron chi connectivity index (χ0n) is 8.56. The molecule has 3 N–H and O–H groups in total. The van der Waals surface area contributed by atoms with Gasteiger partial charge in [0.1, 0.15) is 0 Å². The summed E-state index contributed by atoms with van der Waals surface area (Å²) in [5, 5.41) is 2.88. The highest BCUT2D eigenvalue weighted by Gasteiger charge is 2.39. The fraction of sp³-hybridized carbons (Fsp3) is 0.889. The van der Waals surface area contributed by atoms with Crippen LogP contribution in [0.25, 0.3) is 0 Å². The van der Waals surface area contributed by atoms with Crippen molar-refractivity contribution in [3.05, 3.63) is 0 Å². The molecular formula is C9H17F2N3. The maximum atomic E-state index is 12.8. The summed E-state index contributed by atoms with van der Waals surface area (Å²) in [5.41, 5.74) is 5.54. The second-order valence-corrected chi connectivity index (χ2v) is 4.07. The summed E-state index contributed by atoms with van der Waals surface area (Å²) in [5.74, 6) is -2.28. The van der Waals surface area contributed by atoms with Crippen LogP contribution in [-0.4, -0.2) is 24.0 Å². The maximum absolute atomic E-state index is 12.8. The fourth-order valence-corrected chi connectivity index (χ4v) is 1.57. The molecule has 5 heteroatoms. The number of nitrogens with one attached hydrogen (secondary N) is 1. The van der Waals surface area contributed by atoms with E-state index in [4.69, 9.17) is 5.73 Å². The quantitative estimate of drug-likeness (QED) is 0.530. The Morgan fingerprint density at radius 2 is 2.21 bits per heavy atom. The second kappa shape index (κ2) is 4.11. The van der Waals surface area contributed by atoms with Crippen LogP contribution in [0.4, 0.5) is 8.78 Å². The third-order valence-electron chi connectivity index (χ3n) is 2.14. The van der Waals surface area contributed by atoms with Crippen LogP contribution in [0.5, 0.6) is 0 Å². The van der Waals surface area contributed by atoms with Crippen molar-refractivity contribution >= 4 is 5.96 Å². The Kier molecular flexibility index (Phi) is 3.29. The minimum Gasteiger partial charge on any atom is -0.370 e. The molecule has 3 nitrogen and oxygen atoms in total. The number of hydrogen-bond acceptors (Lipinski definition) is 1. The Balaban J connectivity index is 2.45. The van der Waals surface area contributed by atoms with Gasteiger partial charge in [-0.1, -0.05) is 0 Å². The van der Waals surface area contributed by atoms with Crippen LogP contribution in [0, 0.1) is 0 Å². The lowest BCUT2D eigenvalue weighted by Gasteiger charge is -2.11. The normalized spacial score (nSPS) is 26.9. The van der Waals surface area contributed by atoms with E-state index in [1.165, 1.54) is 0 Å². The van der Waals surface area contributed by atoms with E-state index < -0.39 is 5.92 Å². The summed E-state index contributed by atoms with van der Waals surface area (Å²) >= 11 is 0. The number of aliphatic imine (C=N–C) groups is 1. The molecule has 0 aliphatic heterocycles. The van der Waals surface area contributed by atoms with Crippen molar-refractivity contribution in [1.29, 1.82) is 0 Å². The Labute approximate surface area is 82.8 Å². The summed E-state index contributed by atoms with van der Waals surface area (Å²) in [4.78, 5) is 4.02. The van der Waals surface area contributed by atoms with Crippen LogP contribution in [0.15, 0.2) is 4.99 Å². The van der Waals surface area contributed by atoms with Crippen molar-refractivity contribution < 1.29 is 8.78 Å². The van der Waals surface area contributed by atoms with E-state index in [2.05, 4.69) is 10.3 Å². The van der Waals surface area contributed by atoms with Gasteiger partial charge >= 0.3 is 0 Å². The lowest BCUT2D eigenvalue weighted by molar-refractivity contribution is 0.00808. The van der Waals surface area contributed by atoms with Gasteiger partial charge in [-0.3, -0.25) is 0 Å². The molecule has 1 rings (SSSR count). The van der Waals surface area contributed by atoms with Crippen molar-refractivity contribution in [2.75, 3.05) is 0 Å². The highest BCUT2D eigenvalue weighted by Crippen LogP contribution is 2.36. The summed E-state index contributed by atoms with van der Waals surface area (Å²) in [6, 6.07) is -0.142. The molecule has 0 saturated heterocycles. The first-order valence-electron chi connectivity index (χ1n) is 4.87. The molecule has 0 radical (unpaired) electrons. The van der Waals surface area contributed by atoms with Crippen LogP contribution >= 0.6 is 0 Å². The minimum atomic E-state index is -2.55. The molecule has 0 aromatic carbocycles. The van der Waals surface area contributed by atoms with Gasteiger partial charge in [0.15, 0.2) is 5.96 Å². The Bertz CT molecular complexity index is 226. The number of halogens is 2. The van der Waals surface area contributed by atoms with E-state index in [1.54, 1.807) is 0 Å². The zero-order valence-corrected chi connectivity index (χ0v) is 8.56. The van der Waals surface area contributed by atoms with Crippen LogP contribution in [-0.2, 0) is 0 Å². The maximum Gasteiger partial charge on any atom is 0.250 e. The molecule has 0 heterocycles. The van der Waals surface area contributed by atoms with Crippen molar-refractivity contribution in [3.63, 3.8) is 0 Å². The summed E-state index contributed by atoms with van der Waals surface area (Å²) in [6.45, 7) is 3.84. The van der Waals surface area contributed by atoms with Gasteiger partial charge in [-0.25, -0.2) is 13.8 Å². The van der Waals surface area contributed by atoms with Gasteiger partial charge in [0.2, 0.25) is 5.92 Å². The van der Waals surface area contributed by atoms with E-state index in [0.29, 0.717) is 6.42 Å². The topological polar surface area (TPSA) is 50.4 Å². The first-order chi connectivity index (χ1) is 6.39. The molecule has 1 fully saturated rings. The molecule has 1 aliphatic carbocycles. The van der Waals surface area contributed by atoms with E-state index >= 15 is 0 Å². The molecular weight excluding hydrogens is 188 g/mol. The number of hydrogen-bond donors (Lipinski definition) is 2. The molecule has 0 amide bonds. The molecule has 14 heavy (non-hydrogen) atoms. The number of rotatable bonds is 2. The van der Waals surface area contributed by atoms with Gasteiger partial charge in [-0.15, -0.1) is 0 Å². The first kappa shape index (κ1) is 11.2. The number of alkyl halides is 2. The summed E-state index contributed by atoms with van der Waals surface area (Å²) < 4.78 is 25.6. The summed E-state index contributed by atoms with van der Waals surface area (Å²) in [6.07, 6.45) is 0.178. The fourth-order valence-electron chi connectivity index (χ4n) is 1.57. The minimum absolute atomic E-state index is 0.0733. The van der Waals surface area contributed by atoms with Gasteiger partial charge < -0.3 is 11.1 Å². The Morgan fingerprint density at radius 1 is 1.57 bits per heavy atom. The number of nitrogens with zero attached hydrogens (tertiary/aromatic N) is 1. The predicted octanol–water partition coefficient (Wildman–Crippen LogP) is 1.49. The lowest BCUT2D eigenvalue weighted by atomic mass is 10.2. The van der Waals surface area contributed by atoms with Gasteiger partial charge in [-0.2, -0.15) is 0 Å². The summed E-state index contributed by atoms with van der Waals surface area (Å²) in [7, 11) is 0. The van der Waals surface area contributed by atoms with Crippen LogP contribution < -0.4 is 11.1 Å². The molecule has 1 atom stereocenters. The van der Waals surface area contributed by atoms with E-state index in [9.17, 15) is 8.78 Å². The lowest BCUT2D eigenvalue weighted by Crippen LogP contribution is -2.37. The second-order valence-electron chi connectivity index (χ2n) is 4.07. The SMILES string of the molecule is CC(C)NC(N)=NC1CCC(F)(F)C1. The third kappa shape index (κ3) is 3.47. The zero-order chi connectivity index (χ0) is 10.8. The van der Waals surface area contributed by atoms with Gasteiger partial charge in [-0.05, 0) is 20.3 Å². The molecule has 0 spiro atoms. The van der Waals surface area contributed by atoms with Crippen molar-refractivity contribution in [2.45, 2.75) is 51.1 Å². The van der Waals surface area contributed by atoms with Crippen LogP contribution in [0.3, 0.4) is 0 Å². The molecule has 0 bridgehead atoms. The van der Waals surface area contributed by atoms with Gasteiger partial charge in [0.05, 0.1) is 6.04 Å². The highest BCUT2D eigenvalue weighted by molar-refractivity contribution is 5.78. The number of guanidine groups is 1. The smallest absolute Gasteiger partial charge is 0.250 e. The number of nitrogens with two attached hydrogens (primary N) is 1. The monoisotopic (exact) mass is 205 g/mol. The molecule has 0 aromatic rings. The predicted molar refractivity (Wildman–Crippen MR) is 52.5 cm³/mol. The molecule has 82 valence electrons. The van der Waals surface area contributed by atoms with Crippen molar-refractivity contribution in [3.8, 4) is 0 Å². The average molecular weight is 205 g/mol. The van der Waals surface area contributed by atoms with Crippen LogP contribution in [0.2, 0.25) is 0 Å². The third-order valence-corrected chi connectivity index (χ3v) is 2.14. The largest absolute Gasteiger partial charge is 0.370 e. The highest BCUT2D eigenvalue weighted by atomic mass is 19.3. The molecule has 1 aliphatic rings. The molecule has 1 saturated carbocycles. The van der Waals surface area contributed by atoms with Crippen molar-refractivity contribution in [2.24, 2.45) is 10.7 Å². The average Bonchev–Trinajstić information content (AvgIpc) is 2.27. The van der Waals surface area contributed by atoms with E-state index in [0.717, 1.165) is 0 Å². The van der Waals surface area contributed by atoms with Crippen LogP contribution in [0.1, 0.15) is 33.1 Å². The molecule has 0 aromatic heterocycles. The molecule has 1 unspecified atom stereocenters. The van der Waals surface area contributed by atoms with Gasteiger partial charge in [0.25, 0.3) is 0 Å². The van der Waals surface area contributed by atoms with E-state index in [1.807, 2.05) is 13.8 Å². The van der Waals surface area contributed by atoms with E-state index in [-0.39, 0.29) is 30.9 Å². The Hall–Kier alpha value is -0.870. The Morgan fingerprint density at radius 3 is 2.64 bits per heavy atom. The standard InChI is InChI=1S/C9H17F2N3/c1-6(2)13-8(12)14-7-3-4-9(10,11)5-7/h6-7H,3-5H2,1-2H3,(H3,12,13,14). The van der Waals surface area contributed by atoms with Gasteiger partial charge in [0, 0.05) is 18.9 Å².